The molecule has 0 aliphatic carbocycles. The number of primary amides is 1. The highest BCUT2D eigenvalue weighted by molar-refractivity contribution is 5.83. The fourth-order valence-electron chi connectivity index (χ4n) is 1.53. The Kier molecular flexibility index (Phi) is 5.20. The second kappa shape index (κ2) is 5.62. The topological polar surface area (TPSA) is 63.4 Å². The van der Waals surface area contributed by atoms with Crippen LogP contribution in [0.3, 0.4) is 0 Å². The molecule has 0 radical (unpaired) electrons. The van der Waals surface area contributed by atoms with Gasteiger partial charge in [-0.25, -0.2) is 0 Å². The van der Waals surface area contributed by atoms with Gasteiger partial charge in [0.15, 0.2) is 0 Å². The van der Waals surface area contributed by atoms with E-state index in [1.54, 1.807) is 4.90 Å². The number of amides is 2. The molecular formula is C10H20N2O2. The highest BCUT2D eigenvalue weighted by atomic mass is 16.2. The fraction of sp³-hybridized carbons (Fsp3) is 0.800. The third-order valence-corrected chi connectivity index (χ3v) is 1.99. The minimum atomic E-state index is -0.425. The molecule has 0 atom stereocenters. The van der Waals surface area contributed by atoms with Gasteiger partial charge in [-0.2, -0.15) is 0 Å². The lowest BCUT2D eigenvalue weighted by atomic mass is 10.2. The molecule has 0 aliphatic heterocycles. The SMILES string of the molecule is CC(C)N(C(=O)CCC(N)=O)C(C)C. The van der Waals surface area contributed by atoms with E-state index in [2.05, 4.69) is 0 Å². The number of carbonyl (C=O) groups excluding carboxylic acids is 2. The van der Waals surface area contributed by atoms with E-state index in [1.807, 2.05) is 27.7 Å². The molecule has 2 N–H and O–H groups in total. The first-order valence-electron chi connectivity index (χ1n) is 4.95. The number of hydrogen-bond donors (Lipinski definition) is 1. The van der Waals surface area contributed by atoms with Gasteiger partial charge >= 0.3 is 0 Å². The van der Waals surface area contributed by atoms with Crippen molar-refractivity contribution in [3.63, 3.8) is 0 Å². The number of rotatable bonds is 5. The van der Waals surface area contributed by atoms with E-state index in [1.165, 1.54) is 0 Å². The Morgan fingerprint density at radius 1 is 1.07 bits per heavy atom. The molecule has 4 nitrogen and oxygen atoms in total. The zero-order valence-electron chi connectivity index (χ0n) is 9.41. The lowest BCUT2D eigenvalue weighted by Gasteiger charge is -2.30. The maximum absolute atomic E-state index is 11.6. The van der Waals surface area contributed by atoms with E-state index < -0.39 is 5.91 Å². The Bertz CT molecular complexity index is 204. The number of carbonyl (C=O) groups is 2. The summed E-state index contributed by atoms with van der Waals surface area (Å²) >= 11 is 0. The molecule has 0 unspecified atom stereocenters. The first-order valence-corrected chi connectivity index (χ1v) is 4.95. The largest absolute Gasteiger partial charge is 0.370 e. The summed E-state index contributed by atoms with van der Waals surface area (Å²) in [5.41, 5.74) is 4.98. The standard InChI is InChI=1S/C10H20N2O2/c1-7(2)12(8(3)4)10(14)6-5-9(11)13/h7-8H,5-6H2,1-4H3,(H2,11,13). The van der Waals surface area contributed by atoms with Crippen molar-refractivity contribution in [2.45, 2.75) is 52.6 Å². The lowest BCUT2D eigenvalue weighted by Crippen LogP contribution is -2.42. The summed E-state index contributed by atoms with van der Waals surface area (Å²) in [6, 6.07) is 0.325. The maximum atomic E-state index is 11.6. The van der Waals surface area contributed by atoms with Crippen LogP contribution in [-0.4, -0.2) is 28.8 Å². The fourth-order valence-corrected chi connectivity index (χ4v) is 1.53. The van der Waals surface area contributed by atoms with Gasteiger partial charge in [0.1, 0.15) is 0 Å². The van der Waals surface area contributed by atoms with E-state index >= 15 is 0 Å². The van der Waals surface area contributed by atoms with Gasteiger partial charge in [-0.1, -0.05) is 0 Å². The average molecular weight is 200 g/mol. The summed E-state index contributed by atoms with van der Waals surface area (Å²) < 4.78 is 0. The molecule has 0 rings (SSSR count). The zero-order valence-corrected chi connectivity index (χ0v) is 9.41. The Morgan fingerprint density at radius 3 is 1.79 bits per heavy atom. The Hall–Kier alpha value is -1.06. The molecule has 82 valence electrons. The van der Waals surface area contributed by atoms with Gasteiger partial charge in [-0.05, 0) is 27.7 Å². The highest BCUT2D eigenvalue weighted by Crippen LogP contribution is 2.08. The van der Waals surface area contributed by atoms with Gasteiger partial charge in [-0.15, -0.1) is 0 Å². The van der Waals surface area contributed by atoms with Crippen molar-refractivity contribution in [3.8, 4) is 0 Å². The van der Waals surface area contributed by atoms with Crippen LogP contribution in [0.25, 0.3) is 0 Å². The summed E-state index contributed by atoms with van der Waals surface area (Å²) in [6.45, 7) is 7.84. The molecule has 14 heavy (non-hydrogen) atoms. The van der Waals surface area contributed by atoms with Gasteiger partial charge in [0.05, 0.1) is 0 Å². The van der Waals surface area contributed by atoms with Crippen LogP contribution in [0, 0.1) is 0 Å². The molecule has 0 saturated carbocycles. The molecule has 0 aromatic heterocycles. The average Bonchev–Trinajstić information content (AvgIpc) is 1.99. The van der Waals surface area contributed by atoms with E-state index in [9.17, 15) is 9.59 Å². The zero-order chi connectivity index (χ0) is 11.3. The summed E-state index contributed by atoms with van der Waals surface area (Å²) in [5.74, 6) is -0.431. The van der Waals surface area contributed by atoms with Crippen LogP contribution in [0.4, 0.5) is 0 Å². The van der Waals surface area contributed by atoms with Crippen LogP contribution in [0.1, 0.15) is 40.5 Å². The Morgan fingerprint density at radius 2 is 1.50 bits per heavy atom. The van der Waals surface area contributed by atoms with Crippen molar-refractivity contribution in [2.24, 2.45) is 5.73 Å². The van der Waals surface area contributed by atoms with Crippen molar-refractivity contribution >= 4 is 11.8 Å². The van der Waals surface area contributed by atoms with Crippen LogP contribution in [0.15, 0.2) is 0 Å². The highest BCUT2D eigenvalue weighted by Gasteiger charge is 2.19. The number of nitrogens with two attached hydrogens (primary N) is 1. The Balaban J connectivity index is 4.23. The Labute approximate surface area is 85.4 Å². The summed E-state index contributed by atoms with van der Waals surface area (Å²) in [7, 11) is 0. The van der Waals surface area contributed by atoms with Gasteiger partial charge in [0.2, 0.25) is 11.8 Å². The summed E-state index contributed by atoms with van der Waals surface area (Å²) in [4.78, 5) is 23.9. The van der Waals surface area contributed by atoms with Crippen LogP contribution in [-0.2, 0) is 9.59 Å². The molecule has 0 aromatic rings. The van der Waals surface area contributed by atoms with Crippen LogP contribution < -0.4 is 5.73 Å². The van der Waals surface area contributed by atoms with E-state index in [0.29, 0.717) is 0 Å². The predicted octanol–water partition coefficient (Wildman–Crippen LogP) is 0.897. The van der Waals surface area contributed by atoms with Gasteiger partial charge in [-0.3, -0.25) is 9.59 Å². The second-order valence-corrected chi connectivity index (χ2v) is 3.95. The molecule has 0 spiro atoms. The van der Waals surface area contributed by atoms with Crippen LogP contribution in [0.2, 0.25) is 0 Å². The van der Waals surface area contributed by atoms with Crippen molar-refractivity contribution < 1.29 is 9.59 Å². The van der Waals surface area contributed by atoms with Crippen molar-refractivity contribution in [1.82, 2.24) is 4.90 Å². The minimum absolute atomic E-state index is 0.00574. The molecule has 4 heteroatoms. The molecule has 0 bridgehead atoms. The summed E-state index contributed by atoms with van der Waals surface area (Å²) in [5, 5.41) is 0. The molecule has 0 fully saturated rings. The smallest absolute Gasteiger partial charge is 0.223 e. The lowest BCUT2D eigenvalue weighted by molar-refractivity contribution is -0.136. The van der Waals surface area contributed by atoms with Gasteiger partial charge in [0, 0.05) is 24.9 Å². The third kappa shape index (κ3) is 4.25. The molecule has 0 saturated heterocycles. The summed E-state index contributed by atoms with van der Waals surface area (Å²) in [6.07, 6.45) is 0.348. The maximum Gasteiger partial charge on any atom is 0.223 e. The molecule has 0 aromatic carbocycles. The second-order valence-electron chi connectivity index (χ2n) is 3.95. The number of hydrogen-bond acceptors (Lipinski definition) is 2. The molecule has 0 heterocycles. The van der Waals surface area contributed by atoms with E-state index in [-0.39, 0.29) is 30.8 Å². The first-order chi connectivity index (χ1) is 6.36. The van der Waals surface area contributed by atoms with Crippen LogP contribution >= 0.6 is 0 Å². The van der Waals surface area contributed by atoms with Crippen molar-refractivity contribution in [2.75, 3.05) is 0 Å². The van der Waals surface area contributed by atoms with Crippen LogP contribution in [0.5, 0.6) is 0 Å². The normalized spacial score (nSPS) is 10.7. The van der Waals surface area contributed by atoms with Gasteiger partial charge < -0.3 is 10.6 Å². The predicted molar refractivity (Wildman–Crippen MR) is 55.5 cm³/mol. The number of nitrogens with zero attached hydrogens (tertiary/aromatic N) is 1. The van der Waals surface area contributed by atoms with E-state index in [4.69, 9.17) is 5.73 Å². The molecule has 0 aliphatic rings. The van der Waals surface area contributed by atoms with Crippen molar-refractivity contribution in [3.05, 3.63) is 0 Å². The quantitative estimate of drug-likeness (QED) is 0.716. The van der Waals surface area contributed by atoms with Crippen molar-refractivity contribution in [1.29, 1.82) is 0 Å². The van der Waals surface area contributed by atoms with E-state index in [0.717, 1.165) is 0 Å². The monoisotopic (exact) mass is 200 g/mol. The minimum Gasteiger partial charge on any atom is -0.370 e. The first kappa shape index (κ1) is 12.9. The third-order valence-electron chi connectivity index (χ3n) is 1.99. The molecule has 2 amide bonds. The molecular weight excluding hydrogens is 180 g/mol. The van der Waals surface area contributed by atoms with Gasteiger partial charge in [0.25, 0.3) is 0 Å².